The molecule has 29 heavy (non-hydrogen) atoms. The SMILES string of the molecule is CN(CCCC(=O)N1CCC[C@@H]1c1nc2ccccc2s1)S(=O)(=O)c1cccs1. The second kappa shape index (κ2) is 8.51. The molecule has 0 N–H and O–H groups in total. The van der Waals surface area contributed by atoms with Crippen LogP contribution in [0.4, 0.5) is 0 Å². The molecule has 3 aromatic rings. The number of para-hydroxylation sites is 1. The summed E-state index contributed by atoms with van der Waals surface area (Å²) < 4.78 is 27.8. The number of thiazole rings is 1. The maximum absolute atomic E-state index is 12.8. The molecule has 0 bridgehead atoms. The predicted molar refractivity (Wildman–Crippen MR) is 117 cm³/mol. The van der Waals surface area contributed by atoms with Crippen molar-refractivity contribution in [1.29, 1.82) is 0 Å². The lowest BCUT2D eigenvalue weighted by atomic mass is 10.2. The maximum Gasteiger partial charge on any atom is 0.252 e. The number of amides is 1. The molecule has 1 saturated heterocycles. The van der Waals surface area contributed by atoms with Gasteiger partial charge in [-0.25, -0.2) is 17.7 Å². The Labute approximate surface area is 178 Å². The van der Waals surface area contributed by atoms with Crippen LogP contribution in [0, 0.1) is 0 Å². The zero-order valence-electron chi connectivity index (χ0n) is 16.2. The van der Waals surface area contributed by atoms with E-state index in [0.717, 1.165) is 34.6 Å². The third-order valence-corrected chi connectivity index (χ3v) is 9.56. The molecule has 9 heteroatoms. The molecule has 4 rings (SSSR count). The number of sulfonamides is 1. The van der Waals surface area contributed by atoms with Crippen LogP contribution in [-0.4, -0.2) is 48.7 Å². The minimum Gasteiger partial charge on any atom is -0.333 e. The second-order valence-electron chi connectivity index (χ2n) is 7.13. The van der Waals surface area contributed by atoms with Crippen molar-refractivity contribution in [1.82, 2.24) is 14.2 Å². The zero-order valence-corrected chi connectivity index (χ0v) is 18.6. The van der Waals surface area contributed by atoms with Crippen LogP contribution in [0.3, 0.4) is 0 Å². The van der Waals surface area contributed by atoms with Gasteiger partial charge in [0.1, 0.15) is 9.22 Å². The molecule has 6 nitrogen and oxygen atoms in total. The summed E-state index contributed by atoms with van der Waals surface area (Å²) in [6.45, 7) is 1.06. The summed E-state index contributed by atoms with van der Waals surface area (Å²) >= 11 is 2.86. The first-order valence-electron chi connectivity index (χ1n) is 9.61. The number of carbonyl (C=O) groups is 1. The van der Waals surface area contributed by atoms with E-state index in [1.165, 1.54) is 15.6 Å². The number of thiophene rings is 1. The highest BCUT2D eigenvalue weighted by Gasteiger charge is 2.32. The van der Waals surface area contributed by atoms with Crippen molar-refractivity contribution in [3.8, 4) is 0 Å². The summed E-state index contributed by atoms with van der Waals surface area (Å²) in [5, 5.41) is 2.74. The molecule has 3 heterocycles. The Hall–Kier alpha value is -1.81. The topological polar surface area (TPSA) is 70.6 Å². The molecule has 0 spiro atoms. The van der Waals surface area contributed by atoms with Gasteiger partial charge in [-0.05, 0) is 42.8 Å². The fourth-order valence-electron chi connectivity index (χ4n) is 3.64. The number of rotatable bonds is 7. The van der Waals surface area contributed by atoms with E-state index in [9.17, 15) is 13.2 Å². The van der Waals surface area contributed by atoms with Crippen LogP contribution in [0.5, 0.6) is 0 Å². The van der Waals surface area contributed by atoms with Gasteiger partial charge in [0.25, 0.3) is 10.0 Å². The quantitative estimate of drug-likeness (QED) is 0.544. The first-order valence-corrected chi connectivity index (χ1v) is 12.8. The Kier molecular flexibility index (Phi) is 6.00. The monoisotopic (exact) mass is 449 g/mol. The molecule has 1 atom stereocenters. The van der Waals surface area contributed by atoms with Gasteiger partial charge >= 0.3 is 0 Å². The van der Waals surface area contributed by atoms with Crippen LogP contribution in [-0.2, 0) is 14.8 Å². The Morgan fingerprint density at radius 2 is 2.10 bits per heavy atom. The molecule has 0 saturated carbocycles. The molecule has 0 radical (unpaired) electrons. The van der Waals surface area contributed by atoms with Gasteiger partial charge in [-0.2, -0.15) is 0 Å². The molecule has 154 valence electrons. The first-order chi connectivity index (χ1) is 14.0. The number of hydrogen-bond acceptors (Lipinski definition) is 6. The average molecular weight is 450 g/mol. The summed E-state index contributed by atoms with van der Waals surface area (Å²) in [6.07, 6.45) is 2.74. The van der Waals surface area contributed by atoms with Crippen molar-refractivity contribution in [3.63, 3.8) is 0 Å². The number of hydrogen-bond donors (Lipinski definition) is 0. The van der Waals surface area contributed by atoms with Gasteiger partial charge in [-0.3, -0.25) is 4.79 Å². The summed E-state index contributed by atoms with van der Waals surface area (Å²) in [4.78, 5) is 19.5. The van der Waals surface area contributed by atoms with Crippen LogP contribution < -0.4 is 0 Å². The van der Waals surface area contributed by atoms with Gasteiger partial charge in [-0.1, -0.05) is 18.2 Å². The molecule has 1 aliphatic rings. The van der Waals surface area contributed by atoms with Gasteiger partial charge in [-0.15, -0.1) is 22.7 Å². The molecular weight excluding hydrogens is 426 g/mol. The lowest BCUT2D eigenvalue weighted by Gasteiger charge is -2.23. The number of fused-ring (bicyclic) bond motifs is 1. The summed E-state index contributed by atoms with van der Waals surface area (Å²) in [5.74, 6) is 0.0775. The van der Waals surface area contributed by atoms with Crippen molar-refractivity contribution in [2.75, 3.05) is 20.1 Å². The number of carbonyl (C=O) groups excluding carboxylic acids is 1. The lowest BCUT2D eigenvalue weighted by molar-refractivity contribution is -0.132. The highest BCUT2D eigenvalue weighted by Crippen LogP contribution is 2.36. The molecular formula is C20H23N3O3S3. The second-order valence-corrected chi connectivity index (χ2v) is 11.4. The van der Waals surface area contributed by atoms with E-state index in [4.69, 9.17) is 4.98 Å². The number of aromatic nitrogens is 1. The summed E-state index contributed by atoms with van der Waals surface area (Å²) in [5.41, 5.74) is 0.979. The lowest BCUT2D eigenvalue weighted by Crippen LogP contribution is -2.32. The average Bonchev–Trinajstić information content (AvgIpc) is 3.47. The van der Waals surface area contributed by atoms with E-state index >= 15 is 0 Å². The molecule has 0 aliphatic carbocycles. The molecule has 2 aromatic heterocycles. The Balaban J connectivity index is 1.36. The molecule has 1 aromatic carbocycles. The largest absolute Gasteiger partial charge is 0.333 e. The fraction of sp³-hybridized carbons (Fsp3) is 0.400. The Morgan fingerprint density at radius 1 is 1.28 bits per heavy atom. The standard InChI is InChI=1S/C20H23N3O3S3/c1-22(29(25,26)19-11-6-14-27-19)12-5-10-18(24)23-13-4-8-16(23)20-21-15-7-2-3-9-17(15)28-20/h2-3,6-7,9,11,14,16H,4-5,8,10,12-13H2,1H3/t16-/m1/s1. The molecule has 1 amide bonds. The predicted octanol–water partition coefficient (Wildman–Crippen LogP) is 4.12. The van der Waals surface area contributed by atoms with Crippen molar-refractivity contribution in [2.45, 2.75) is 35.9 Å². The van der Waals surface area contributed by atoms with E-state index in [0.29, 0.717) is 23.6 Å². The van der Waals surface area contributed by atoms with Crippen LogP contribution in [0.2, 0.25) is 0 Å². The first kappa shape index (κ1) is 20.5. The van der Waals surface area contributed by atoms with E-state index in [1.54, 1.807) is 35.9 Å². The van der Waals surface area contributed by atoms with Gasteiger partial charge in [0, 0.05) is 26.6 Å². The minimum atomic E-state index is -3.46. The van der Waals surface area contributed by atoms with Crippen LogP contribution in [0.1, 0.15) is 36.7 Å². The van der Waals surface area contributed by atoms with Gasteiger partial charge in [0.15, 0.2) is 0 Å². The molecule has 1 aliphatic heterocycles. The minimum absolute atomic E-state index is 0.0347. The Bertz CT molecular complexity index is 1060. The van der Waals surface area contributed by atoms with Gasteiger partial charge in [0.05, 0.1) is 16.3 Å². The summed E-state index contributed by atoms with van der Waals surface area (Å²) in [7, 11) is -1.89. The van der Waals surface area contributed by atoms with Crippen LogP contribution in [0.25, 0.3) is 10.2 Å². The Morgan fingerprint density at radius 3 is 2.86 bits per heavy atom. The van der Waals surface area contributed by atoms with Crippen molar-refractivity contribution >= 4 is 48.8 Å². The maximum atomic E-state index is 12.8. The van der Waals surface area contributed by atoms with E-state index in [2.05, 4.69) is 6.07 Å². The number of benzene rings is 1. The highest BCUT2D eigenvalue weighted by atomic mass is 32.2. The third-order valence-electron chi connectivity index (χ3n) is 5.19. The number of likely N-dealkylation sites (tertiary alicyclic amines) is 1. The normalized spacial score (nSPS) is 17.4. The number of nitrogens with zero attached hydrogens (tertiary/aromatic N) is 3. The van der Waals surface area contributed by atoms with E-state index in [1.807, 2.05) is 23.1 Å². The molecule has 1 fully saturated rings. The smallest absolute Gasteiger partial charge is 0.252 e. The molecule has 0 unspecified atom stereocenters. The van der Waals surface area contributed by atoms with Gasteiger partial charge < -0.3 is 4.90 Å². The van der Waals surface area contributed by atoms with Crippen molar-refractivity contribution < 1.29 is 13.2 Å². The highest BCUT2D eigenvalue weighted by molar-refractivity contribution is 7.91. The summed E-state index contributed by atoms with van der Waals surface area (Å²) in [6, 6.07) is 11.4. The fourth-order valence-corrected chi connectivity index (χ4v) is 7.16. The van der Waals surface area contributed by atoms with Gasteiger partial charge in [0.2, 0.25) is 5.91 Å². The van der Waals surface area contributed by atoms with Crippen LogP contribution >= 0.6 is 22.7 Å². The van der Waals surface area contributed by atoms with Crippen molar-refractivity contribution in [2.24, 2.45) is 0 Å². The van der Waals surface area contributed by atoms with Crippen molar-refractivity contribution in [3.05, 3.63) is 46.8 Å². The van der Waals surface area contributed by atoms with E-state index in [-0.39, 0.29) is 11.9 Å². The zero-order chi connectivity index (χ0) is 20.4. The van der Waals surface area contributed by atoms with Crippen LogP contribution in [0.15, 0.2) is 46.0 Å². The van der Waals surface area contributed by atoms with E-state index < -0.39 is 10.0 Å². The third kappa shape index (κ3) is 4.23.